The Hall–Kier alpha value is -2.44. The van der Waals surface area contributed by atoms with Crippen LogP contribution in [0.2, 0.25) is 0 Å². The highest BCUT2D eigenvalue weighted by atomic mass is 16.6. The summed E-state index contributed by atoms with van der Waals surface area (Å²) in [5.41, 5.74) is 2.38. The first-order valence-electron chi connectivity index (χ1n) is 9.18. The molecule has 26 heavy (non-hydrogen) atoms. The summed E-state index contributed by atoms with van der Waals surface area (Å²) in [7, 11) is 5.85. The van der Waals surface area contributed by atoms with Gasteiger partial charge in [-0.2, -0.15) is 0 Å². The predicted octanol–water partition coefficient (Wildman–Crippen LogP) is 2.04. The average Bonchev–Trinajstić information content (AvgIpc) is 2.66. The molecule has 0 aliphatic carbocycles. The Balaban J connectivity index is 1.80. The number of carbonyl (C=O) groups excluding carboxylic acids is 1. The number of amides is 1. The maximum absolute atomic E-state index is 11.8. The molecule has 2 N–H and O–H groups in total. The molecule has 1 aliphatic heterocycles. The van der Waals surface area contributed by atoms with E-state index in [1.165, 1.54) is 11.3 Å². The topological polar surface area (TPSA) is 69.2 Å². The quantitative estimate of drug-likeness (QED) is 0.620. The third-order valence-corrected chi connectivity index (χ3v) is 4.47. The van der Waals surface area contributed by atoms with Crippen molar-refractivity contribution in [3.05, 3.63) is 29.8 Å². The lowest BCUT2D eigenvalue weighted by Crippen LogP contribution is -2.49. The smallest absolute Gasteiger partial charge is 0.409 e. The van der Waals surface area contributed by atoms with Crippen molar-refractivity contribution in [2.24, 2.45) is 4.99 Å². The molecule has 1 fully saturated rings. The van der Waals surface area contributed by atoms with Crippen molar-refractivity contribution < 1.29 is 9.53 Å². The van der Waals surface area contributed by atoms with E-state index in [0.29, 0.717) is 32.3 Å². The third-order valence-electron chi connectivity index (χ3n) is 4.47. The molecule has 1 saturated heterocycles. The van der Waals surface area contributed by atoms with Crippen LogP contribution in [0.4, 0.5) is 10.5 Å². The number of carbonyl (C=O) groups is 1. The molecule has 0 spiro atoms. The van der Waals surface area contributed by atoms with Crippen LogP contribution in [0.3, 0.4) is 0 Å². The van der Waals surface area contributed by atoms with Crippen LogP contribution in [0, 0.1) is 0 Å². The second kappa shape index (κ2) is 9.89. The largest absolute Gasteiger partial charge is 0.450 e. The van der Waals surface area contributed by atoms with Crippen LogP contribution < -0.4 is 15.5 Å². The number of hydrogen-bond acceptors (Lipinski definition) is 4. The minimum Gasteiger partial charge on any atom is -0.450 e. The summed E-state index contributed by atoms with van der Waals surface area (Å²) >= 11 is 0. The Morgan fingerprint density at radius 3 is 2.69 bits per heavy atom. The molecule has 144 valence electrons. The lowest BCUT2D eigenvalue weighted by atomic mass is 10.1. The number of anilines is 1. The van der Waals surface area contributed by atoms with E-state index in [1.807, 2.05) is 21.0 Å². The molecule has 1 aromatic carbocycles. The van der Waals surface area contributed by atoms with Gasteiger partial charge in [0, 0.05) is 52.5 Å². The number of hydrogen-bond donors (Lipinski definition) is 2. The minimum absolute atomic E-state index is 0.214. The zero-order chi connectivity index (χ0) is 18.9. The van der Waals surface area contributed by atoms with Gasteiger partial charge in [0.15, 0.2) is 5.96 Å². The van der Waals surface area contributed by atoms with Crippen LogP contribution in [0.15, 0.2) is 29.3 Å². The Bertz CT molecular complexity index is 610. The maximum atomic E-state index is 11.8. The summed E-state index contributed by atoms with van der Waals surface area (Å²) < 4.78 is 5.06. The van der Waals surface area contributed by atoms with Crippen LogP contribution in [0.5, 0.6) is 0 Å². The van der Waals surface area contributed by atoms with E-state index in [0.717, 1.165) is 18.8 Å². The summed E-state index contributed by atoms with van der Waals surface area (Å²) in [6, 6.07) is 8.73. The fourth-order valence-corrected chi connectivity index (χ4v) is 2.94. The summed E-state index contributed by atoms with van der Waals surface area (Å²) in [6.07, 6.45) is 1.56. The van der Waals surface area contributed by atoms with E-state index < -0.39 is 0 Å². The lowest BCUT2D eigenvalue weighted by Gasteiger charge is -2.32. The van der Waals surface area contributed by atoms with Crippen molar-refractivity contribution in [3.8, 4) is 0 Å². The normalized spacial score (nSPS) is 15.5. The molecule has 1 aliphatic rings. The zero-order valence-electron chi connectivity index (χ0n) is 16.3. The fraction of sp³-hybridized carbons (Fsp3) is 0.579. The van der Waals surface area contributed by atoms with Crippen molar-refractivity contribution in [1.82, 2.24) is 15.5 Å². The highest BCUT2D eigenvalue weighted by Gasteiger charge is 2.23. The van der Waals surface area contributed by atoms with Gasteiger partial charge in [-0.05, 0) is 37.5 Å². The molecule has 0 radical (unpaired) electrons. The second-order valence-electron chi connectivity index (χ2n) is 6.59. The molecule has 7 heteroatoms. The van der Waals surface area contributed by atoms with Gasteiger partial charge in [0.25, 0.3) is 0 Å². The standard InChI is InChI=1S/C19H31N5O2/c1-5-26-19(25)24-11-9-16(10-12-24)22-18(20-2)21-14-15-7-6-8-17(13-15)23(3)4/h6-8,13,16H,5,9-12,14H2,1-4H3,(H2,20,21,22). The number of nitrogens with zero attached hydrogens (tertiary/aromatic N) is 3. The highest BCUT2D eigenvalue weighted by molar-refractivity contribution is 5.80. The molecule has 0 unspecified atom stereocenters. The van der Waals surface area contributed by atoms with Gasteiger partial charge < -0.3 is 25.2 Å². The van der Waals surface area contributed by atoms with Gasteiger partial charge in [-0.25, -0.2) is 4.79 Å². The van der Waals surface area contributed by atoms with Gasteiger partial charge in [-0.1, -0.05) is 12.1 Å². The zero-order valence-corrected chi connectivity index (χ0v) is 16.3. The number of likely N-dealkylation sites (tertiary alicyclic amines) is 1. The molecule has 0 aromatic heterocycles. The van der Waals surface area contributed by atoms with Crippen molar-refractivity contribution >= 4 is 17.7 Å². The number of benzene rings is 1. The van der Waals surface area contributed by atoms with Crippen molar-refractivity contribution in [2.75, 3.05) is 45.7 Å². The summed E-state index contributed by atoms with van der Waals surface area (Å²) in [4.78, 5) is 19.9. The summed E-state index contributed by atoms with van der Waals surface area (Å²) in [5.74, 6) is 0.787. The number of guanidine groups is 1. The van der Waals surface area contributed by atoms with Gasteiger partial charge in [0.1, 0.15) is 0 Å². The average molecular weight is 361 g/mol. The molecule has 1 heterocycles. The number of rotatable bonds is 5. The SMILES string of the molecule is CCOC(=O)N1CCC(NC(=NC)NCc2cccc(N(C)C)c2)CC1. The molecular weight excluding hydrogens is 330 g/mol. The van der Waals surface area contributed by atoms with E-state index in [2.05, 4.69) is 44.8 Å². The molecule has 1 aromatic rings. The molecular formula is C19H31N5O2. The number of ether oxygens (including phenoxy) is 1. The minimum atomic E-state index is -0.214. The summed E-state index contributed by atoms with van der Waals surface area (Å²) in [5, 5.41) is 6.82. The Morgan fingerprint density at radius 1 is 1.35 bits per heavy atom. The van der Waals surface area contributed by atoms with E-state index in [-0.39, 0.29) is 6.09 Å². The molecule has 0 saturated carbocycles. The number of piperidine rings is 1. The first kappa shape index (κ1) is 19.9. The van der Waals surface area contributed by atoms with Crippen LogP contribution in [-0.4, -0.2) is 63.8 Å². The first-order valence-corrected chi connectivity index (χ1v) is 9.18. The lowest BCUT2D eigenvalue weighted by molar-refractivity contribution is 0.0963. The van der Waals surface area contributed by atoms with Gasteiger partial charge in [0.05, 0.1) is 6.61 Å². The van der Waals surface area contributed by atoms with Crippen LogP contribution >= 0.6 is 0 Å². The summed E-state index contributed by atoms with van der Waals surface area (Å²) in [6.45, 7) is 4.37. The van der Waals surface area contributed by atoms with Gasteiger partial charge in [-0.15, -0.1) is 0 Å². The number of nitrogens with one attached hydrogen (secondary N) is 2. The van der Waals surface area contributed by atoms with Crippen LogP contribution in [-0.2, 0) is 11.3 Å². The van der Waals surface area contributed by atoms with Crippen molar-refractivity contribution in [3.63, 3.8) is 0 Å². The van der Waals surface area contributed by atoms with Crippen molar-refractivity contribution in [2.45, 2.75) is 32.4 Å². The predicted molar refractivity (Wildman–Crippen MR) is 106 cm³/mol. The number of aliphatic imine (C=N–C) groups is 1. The Labute approximate surface area is 156 Å². The van der Waals surface area contributed by atoms with E-state index in [9.17, 15) is 4.79 Å². The highest BCUT2D eigenvalue weighted by Crippen LogP contribution is 2.14. The van der Waals surface area contributed by atoms with E-state index >= 15 is 0 Å². The monoisotopic (exact) mass is 361 g/mol. The van der Waals surface area contributed by atoms with Crippen LogP contribution in [0.25, 0.3) is 0 Å². The van der Waals surface area contributed by atoms with Crippen molar-refractivity contribution in [1.29, 1.82) is 0 Å². The molecule has 2 rings (SSSR count). The Morgan fingerprint density at radius 2 is 2.08 bits per heavy atom. The molecule has 0 atom stereocenters. The third kappa shape index (κ3) is 5.82. The maximum Gasteiger partial charge on any atom is 0.409 e. The fourth-order valence-electron chi connectivity index (χ4n) is 2.94. The van der Waals surface area contributed by atoms with Gasteiger partial charge >= 0.3 is 6.09 Å². The van der Waals surface area contributed by atoms with Crippen LogP contribution in [0.1, 0.15) is 25.3 Å². The van der Waals surface area contributed by atoms with Gasteiger partial charge in [-0.3, -0.25) is 4.99 Å². The molecule has 7 nitrogen and oxygen atoms in total. The first-order chi connectivity index (χ1) is 12.5. The van der Waals surface area contributed by atoms with Gasteiger partial charge in [0.2, 0.25) is 0 Å². The molecule has 0 bridgehead atoms. The second-order valence-corrected chi connectivity index (χ2v) is 6.59. The molecule has 1 amide bonds. The van der Waals surface area contributed by atoms with E-state index in [4.69, 9.17) is 4.74 Å². The Kier molecular flexibility index (Phi) is 7.56. The van der Waals surface area contributed by atoms with E-state index in [1.54, 1.807) is 11.9 Å².